The van der Waals surface area contributed by atoms with E-state index in [4.69, 9.17) is 6.85 Å². The first kappa shape index (κ1) is 24.8. The highest BCUT2D eigenvalue weighted by Gasteiger charge is 2.40. The summed E-state index contributed by atoms with van der Waals surface area (Å²) >= 11 is 0. The van der Waals surface area contributed by atoms with Gasteiger partial charge in [0.1, 0.15) is 5.69 Å². The average Bonchev–Trinajstić information content (AvgIpc) is 3.61. The summed E-state index contributed by atoms with van der Waals surface area (Å²) in [6, 6.07) is 1.19. The van der Waals surface area contributed by atoms with E-state index in [0.29, 0.717) is 10.2 Å². The number of rotatable bonds is 10. The van der Waals surface area contributed by atoms with Crippen LogP contribution in [0.5, 0.6) is 0 Å². The number of hydrogen-bond acceptors (Lipinski definition) is 5. The molecule has 0 radical (unpaired) electrons. The van der Waals surface area contributed by atoms with Gasteiger partial charge in [-0.15, -0.1) is 0 Å². The standard InChI is InChI=1S/C29H36F5N7O2/c1-3-40-22(9-12-35-40)27(43)39-26(19-7-10-28(30,31)11-8-19)21-16-41-23(37-21)14-20(15-36-41)25(18-5-4-6-18)38-24(42)13-17(2)29(32,33)34/h9,12,14-19,25-26H,3-8,10-11,13H2,1-2H3,(H,38,42)(H,39,43)/t17-,25+,26-/m0/s1/i1D3,3D2. The fourth-order valence-corrected chi connectivity index (χ4v) is 5.71. The SMILES string of the molecule is [2H]C([2H])([2H])C([2H])([2H])n1nccc1C(=O)N[C@H](c1cn2ncc([C@H](NC(=O)C[C@H](C)C(F)(F)F)C3CCC3)cc2n1)C1CCC(F)(F)CC1. The van der Waals surface area contributed by atoms with Crippen LogP contribution in [0.1, 0.15) is 106 Å². The van der Waals surface area contributed by atoms with Gasteiger partial charge in [0.2, 0.25) is 11.8 Å². The van der Waals surface area contributed by atoms with Crippen molar-refractivity contribution in [2.24, 2.45) is 17.8 Å². The van der Waals surface area contributed by atoms with Crippen LogP contribution in [0, 0.1) is 17.8 Å². The number of imidazole rings is 1. The van der Waals surface area contributed by atoms with Gasteiger partial charge in [-0.05, 0) is 62.1 Å². The van der Waals surface area contributed by atoms with Crippen LogP contribution in [0.2, 0.25) is 0 Å². The third-order valence-electron chi connectivity index (χ3n) is 8.53. The topological polar surface area (TPSA) is 106 Å². The lowest BCUT2D eigenvalue weighted by atomic mass is 9.77. The molecule has 2 amide bonds. The molecule has 3 aromatic rings. The van der Waals surface area contributed by atoms with Crippen LogP contribution in [0.3, 0.4) is 0 Å². The molecule has 234 valence electrons. The molecule has 0 aromatic carbocycles. The lowest BCUT2D eigenvalue weighted by Crippen LogP contribution is -2.38. The van der Waals surface area contributed by atoms with E-state index in [1.165, 1.54) is 16.9 Å². The summed E-state index contributed by atoms with van der Waals surface area (Å²) < 4.78 is 108. The Hall–Kier alpha value is -3.58. The van der Waals surface area contributed by atoms with Gasteiger partial charge in [-0.3, -0.25) is 14.3 Å². The quantitative estimate of drug-likeness (QED) is 0.282. The van der Waals surface area contributed by atoms with Gasteiger partial charge in [-0.2, -0.15) is 23.4 Å². The largest absolute Gasteiger partial charge is 0.392 e. The highest BCUT2D eigenvalue weighted by molar-refractivity contribution is 5.92. The van der Waals surface area contributed by atoms with Crippen molar-refractivity contribution < 1.29 is 38.4 Å². The third kappa shape index (κ3) is 6.98. The number of aromatic nitrogens is 5. The van der Waals surface area contributed by atoms with Gasteiger partial charge in [0.05, 0.1) is 38.8 Å². The van der Waals surface area contributed by atoms with Gasteiger partial charge in [0, 0.05) is 36.1 Å². The van der Waals surface area contributed by atoms with Crippen LogP contribution >= 0.6 is 0 Å². The number of nitrogens with zero attached hydrogens (tertiary/aromatic N) is 5. The van der Waals surface area contributed by atoms with Crippen LogP contribution in [0.15, 0.2) is 30.7 Å². The molecule has 0 saturated heterocycles. The predicted octanol–water partition coefficient (Wildman–Crippen LogP) is 5.79. The second-order valence-corrected chi connectivity index (χ2v) is 11.5. The van der Waals surface area contributed by atoms with E-state index >= 15 is 0 Å². The smallest absolute Gasteiger partial charge is 0.349 e. The Balaban J connectivity index is 1.44. The molecule has 2 aliphatic carbocycles. The molecule has 3 atom stereocenters. The van der Waals surface area contributed by atoms with E-state index in [2.05, 4.69) is 25.8 Å². The minimum absolute atomic E-state index is 0.0198. The number of halogens is 5. The van der Waals surface area contributed by atoms with Crippen molar-refractivity contribution in [2.45, 2.75) is 95.8 Å². The van der Waals surface area contributed by atoms with Crippen LogP contribution in [-0.2, 0) is 11.3 Å². The van der Waals surface area contributed by atoms with Crippen molar-refractivity contribution in [1.82, 2.24) is 35.0 Å². The average molecular weight is 615 g/mol. The molecule has 2 saturated carbocycles. The van der Waals surface area contributed by atoms with Crippen LogP contribution < -0.4 is 10.6 Å². The third-order valence-corrected chi connectivity index (χ3v) is 8.53. The van der Waals surface area contributed by atoms with Crippen molar-refractivity contribution in [3.05, 3.63) is 47.7 Å². The number of hydrogen-bond donors (Lipinski definition) is 2. The lowest BCUT2D eigenvalue weighted by molar-refractivity contribution is -0.174. The Labute approximate surface area is 252 Å². The zero-order valence-electron chi connectivity index (χ0n) is 28.4. The summed E-state index contributed by atoms with van der Waals surface area (Å²) in [5.41, 5.74) is 0.640. The van der Waals surface area contributed by atoms with Gasteiger partial charge in [-0.25, -0.2) is 18.3 Å². The van der Waals surface area contributed by atoms with E-state index in [1.54, 1.807) is 6.07 Å². The second kappa shape index (κ2) is 12.2. The van der Waals surface area contributed by atoms with E-state index in [9.17, 15) is 31.5 Å². The second-order valence-electron chi connectivity index (χ2n) is 11.5. The van der Waals surface area contributed by atoms with Crippen LogP contribution in [0.25, 0.3) is 5.65 Å². The van der Waals surface area contributed by atoms with Crippen LogP contribution in [0.4, 0.5) is 22.0 Å². The molecule has 2 fully saturated rings. The summed E-state index contributed by atoms with van der Waals surface area (Å²) in [4.78, 5) is 30.8. The molecular weight excluding hydrogens is 573 g/mol. The Morgan fingerprint density at radius 2 is 1.86 bits per heavy atom. The molecular formula is C29H36F5N7O2. The first-order valence-corrected chi connectivity index (χ1v) is 14.2. The lowest BCUT2D eigenvalue weighted by Gasteiger charge is -2.34. The molecule has 14 heteroatoms. The summed E-state index contributed by atoms with van der Waals surface area (Å²) in [6.45, 7) is -5.26. The molecule has 0 bridgehead atoms. The van der Waals surface area contributed by atoms with Crippen molar-refractivity contribution in [1.29, 1.82) is 0 Å². The monoisotopic (exact) mass is 614 g/mol. The Morgan fingerprint density at radius 3 is 2.51 bits per heavy atom. The molecule has 0 spiro atoms. The fourth-order valence-electron chi connectivity index (χ4n) is 5.71. The first-order valence-electron chi connectivity index (χ1n) is 16.7. The molecule has 5 rings (SSSR count). The summed E-state index contributed by atoms with van der Waals surface area (Å²) in [5.74, 6) is -6.90. The molecule has 9 nitrogen and oxygen atoms in total. The molecule has 2 N–H and O–H groups in total. The maximum Gasteiger partial charge on any atom is 0.392 e. The van der Waals surface area contributed by atoms with Crippen molar-refractivity contribution >= 4 is 17.5 Å². The number of fused-ring (bicyclic) bond motifs is 1. The minimum atomic E-state index is -4.52. The molecule has 0 aliphatic heterocycles. The number of nitrogens with one attached hydrogen (secondary N) is 2. The van der Waals surface area contributed by atoms with Crippen LogP contribution in [-0.4, -0.2) is 48.3 Å². The van der Waals surface area contributed by atoms with Crippen molar-refractivity contribution in [2.75, 3.05) is 0 Å². The summed E-state index contributed by atoms with van der Waals surface area (Å²) in [7, 11) is 0. The Bertz CT molecular complexity index is 1630. The van der Waals surface area contributed by atoms with E-state index in [1.807, 2.05) is 0 Å². The van der Waals surface area contributed by atoms with Gasteiger partial charge in [0.15, 0.2) is 5.65 Å². The summed E-state index contributed by atoms with van der Waals surface area (Å²) in [5, 5.41) is 13.6. The Kier molecular flexibility index (Phi) is 7.04. The zero-order valence-corrected chi connectivity index (χ0v) is 23.4. The predicted molar refractivity (Wildman–Crippen MR) is 146 cm³/mol. The molecule has 3 heterocycles. The highest BCUT2D eigenvalue weighted by Crippen LogP contribution is 2.42. The van der Waals surface area contributed by atoms with Gasteiger partial charge < -0.3 is 10.6 Å². The first-order chi connectivity index (χ1) is 22.3. The van der Waals surface area contributed by atoms with Gasteiger partial charge in [0.25, 0.3) is 5.91 Å². The van der Waals surface area contributed by atoms with Gasteiger partial charge >= 0.3 is 6.18 Å². The van der Waals surface area contributed by atoms with Gasteiger partial charge in [-0.1, -0.05) is 13.3 Å². The fraction of sp³-hybridized carbons (Fsp3) is 0.621. The molecule has 0 unspecified atom stereocenters. The number of alkyl halides is 5. The van der Waals surface area contributed by atoms with E-state index in [-0.39, 0.29) is 30.1 Å². The molecule has 43 heavy (non-hydrogen) atoms. The minimum Gasteiger partial charge on any atom is -0.349 e. The molecule has 2 aliphatic rings. The van der Waals surface area contributed by atoms with Crippen molar-refractivity contribution in [3.8, 4) is 0 Å². The molecule has 3 aromatic heterocycles. The summed E-state index contributed by atoms with van der Waals surface area (Å²) in [6.07, 6.45) is 0.364. The normalized spacial score (nSPS) is 22.2. The number of amides is 2. The number of aryl methyl sites for hydroxylation is 1. The zero-order chi connectivity index (χ0) is 35.2. The highest BCUT2D eigenvalue weighted by atomic mass is 19.4. The number of carbonyl (C=O) groups excluding carboxylic acids is 2. The van der Waals surface area contributed by atoms with Crippen molar-refractivity contribution in [3.63, 3.8) is 0 Å². The van der Waals surface area contributed by atoms with E-state index in [0.717, 1.165) is 38.4 Å². The Morgan fingerprint density at radius 1 is 1.14 bits per heavy atom. The maximum absolute atomic E-state index is 14.1. The maximum atomic E-state index is 14.1. The number of carbonyl (C=O) groups is 2. The van der Waals surface area contributed by atoms with E-state index < -0.39 is 86.1 Å².